The molecule has 3 aliphatic rings. The number of halogens is 3. The number of methoxy groups -OCH3 is 1. The van der Waals surface area contributed by atoms with Gasteiger partial charge in [-0.1, -0.05) is 12.1 Å². The van der Waals surface area contributed by atoms with Gasteiger partial charge in [-0.15, -0.1) is 0 Å². The Labute approximate surface area is 198 Å². The number of carbonyl (C=O) groups is 1. The number of ether oxygens (including phenoxy) is 2. The molecule has 2 bridgehead atoms. The van der Waals surface area contributed by atoms with Crippen LogP contribution in [0.2, 0.25) is 0 Å². The lowest BCUT2D eigenvalue weighted by Crippen LogP contribution is -2.58. The van der Waals surface area contributed by atoms with Gasteiger partial charge in [0.25, 0.3) is 10.1 Å². The van der Waals surface area contributed by atoms with Crippen LogP contribution in [0.5, 0.6) is 0 Å². The van der Waals surface area contributed by atoms with Crippen molar-refractivity contribution < 1.29 is 57.7 Å². The number of carbonyl (C=O) groups excluding carboxylic acids is 1. The first kappa shape index (κ1) is 25.9. The number of hydrogen-bond donors (Lipinski definition) is 1. The van der Waals surface area contributed by atoms with Gasteiger partial charge in [-0.05, 0) is 38.0 Å². The zero-order valence-electron chi connectivity index (χ0n) is 18.3. The summed E-state index contributed by atoms with van der Waals surface area (Å²) in [6, 6.07) is 5.08. The molecule has 0 aromatic heterocycles. The van der Waals surface area contributed by atoms with Crippen LogP contribution in [0.1, 0.15) is 36.5 Å². The molecule has 0 saturated carbocycles. The lowest BCUT2D eigenvalue weighted by Gasteiger charge is -2.49. The summed E-state index contributed by atoms with van der Waals surface area (Å²) in [7, 11) is -9.62. The van der Waals surface area contributed by atoms with Crippen LogP contribution in [0.4, 0.5) is 13.2 Å². The smallest absolute Gasteiger partial charge is 0.465 e. The highest BCUT2D eigenvalue weighted by atomic mass is 32.2. The van der Waals surface area contributed by atoms with E-state index in [-0.39, 0.29) is 18.4 Å². The van der Waals surface area contributed by atoms with E-state index >= 15 is 0 Å². The average Bonchev–Trinajstić information content (AvgIpc) is 3.26. The van der Waals surface area contributed by atoms with E-state index in [1.807, 2.05) is 0 Å². The van der Waals surface area contributed by atoms with E-state index in [1.54, 1.807) is 0 Å². The molecule has 0 radical (unpaired) electrons. The van der Waals surface area contributed by atoms with Crippen molar-refractivity contribution in [1.29, 1.82) is 0 Å². The van der Waals surface area contributed by atoms with Crippen molar-refractivity contribution in [2.75, 3.05) is 7.11 Å². The molecule has 0 unspecified atom stereocenters. The Kier molecular flexibility index (Phi) is 6.03. The number of fused-ring (bicyclic) bond motifs is 1. The summed E-state index contributed by atoms with van der Waals surface area (Å²) in [5.74, 6) is -1.52. The minimum atomic E-state index is -6.02. The second-order valence-electron chi connectivity index (χ2n) is 8.67. The summed E-state index contributed by atoms with van der Waals surface area (Å²) in [6.45, 7) is 1.36. The maximum absolute atomic E-state index is 13.2. The number of hydrogen-bond acceptors (Lipinski definition) is 10. The van der Waals surface area contributed by atoms with E-state index in [0.29, 0.717) is 0 Å². The third-order valence-electron chi connectivity index (χ3n) is 6.72. The minimum Gasteiger partial charge on any atom is -0.465 e. The molecule has 35 heavy (non-hydrogen) atoms. The average molecular weight is 543 g/mol. The van der Waals surface area contributed by atoms with Crippen molar-refractivity contribution in [3.8, 4) is 0 Å². The number of aliphatic hydroxyl groups excluding tert-OH is 1. The van der Waals surface area contributed by atoms with Crippen molar-refractivity contribution in [3.63, 3.8) is 0 Å². The van der Waals surface area contributed by atoms with Crippen LogP contribution >= 0.6 is 0 Å². The third kappa shape index (κ3) is 3.93. The molecule has 5 atom stereocenters. The van der Waals surface area contributed by atoms with Crippen molar-refractivity contribution in [1.82, 2.24) is 0 Å². The Hall–Kier alpha value is -2.20. The van der Waals surface area contributed by atoms with Gasteiger partial charge < -0.3 is 18.8 Å². The summed E-state index contributed by atoms with van der Waals surface area (Å²) in [4.78, 5) is 11.5. The molecule has 1 spiro atoms. The first-order valence-corrected chi connectivity index (χ1v) is 13.1. The molecule has 1 N–H and O–H groups in total. The Morgan fingerprint density at radius 1 is 1.17 bits per heavy atom. The van der Waals surface area contributed by atoms with Crippen LogP contribution in [-0.2, 0) is 38.1 Å². The van der Waals surface area contributed by atoms with E-state index in [2.05, 4.69) is 8.92 Å². The predicted molar refractivity (Wildman–Crippen MR) is 110 cm³/mol. The first-order valence-electron chi connectivity index (χ1n) is 10.3. The molecule has 1 aliphatic carbocycles. The second kappa shape index (κ2) is 8.16. The van der Waals surface area contributed by atoms with E-state index in [4.69, 9.17) is 8.92 Å². The molecular formula is C20H21F3O10S2. The molecule has 2 heterocycles. The summed E-state index contributed by atoms with van der Waals surface area (Å²) in [5, 5.41) is 10.3. The normalized spacial score (nSPS) is 32.6. The fourth-order valence-corrected chi connectivity index (χ4v) is 6.92. The fourth-order valence-electron chi connectivity index (χ4n) is 5.02. The Bertz CT molecular complexity index is 1290. The molecule has 2 aliphatic heterocycles. The van der Waals surface area contributed by atoms with Gasteiger partial charge in [0, 0.05) is 6.42 Å². The van der Waals surface area contributed by atoms with Crippen LogP contribution in [0.25, 0.3) is 0 Å². The number of aliphatic hydroxyl groups is 1. The molecule has 1 aromatic rings. The molecule has 2 saturated heterocycles. The largest absolute Gasteiger partial charge is 0.534 e. The van der Waals surface area contributed by atoms with E-state index in [1.165, 1.54) is 25.1 Å². The van der Waals surface area contributed by atoms with Gasteiger partial charge in [-0.25, -0.2) is 4.79 Å². The maximum atomic E-state index is 13.2. The Morgan fingerprint density at radius 3 is 2.43 bits per heavy atom. The zero-order valence-corrected chi connectivity index (χ0v) is 19.9. The Morgan fingerprint density at radius 2 is 1.83 bits per heavy atom. The van der Waals surface area contributed by atoms with Crippen molar-refractivity contribution >= 4 is 26.2 Å². The third-order valence-corrected chi connectivity index (χ3v) is 9.06. The molecule has 0 amide bonds. The van der Waals surface area contributed by atoms with E-state index in [9.17, 15) is 39.9 Å². The number of rotatable bonds is 6. The number of esters is 1. The van der Waals surface area contributed by atoms with Gasteiger partial charge in [-0.2, -0.15) is 30.0 Å². The van der Waals surface area contributed by atoms with Gasteiger partial charge in [0.05, 0.1) is 30.3 Å². The zero-order chi connectivity index (χ0) is 26.0. The van der Waals surface area contributed by atoms with Crippen LogP contribution in [0.3, 0.4) is 0 Å². The van der Waals surface area contributed by atoms with Gasteiger partial charge >= 0.3 is 21.6 Å². The van der Waals surface area contributed by atoms with Gasteiger partial charge in [0.2, 0.25) is 0 Å². The Balaban J connectivity index is 1.74. The highest BCUT2D eigenvalue weighted by molar-refractivity contribution is 7.87. The molecule has 2 fully saturated rings. The summed E-state index contributed by atoms with van der Waals surface area (Å²) in [6.07, 6.45) is -3.21. The van der Waals surface area contributed by atoms with E-state index in [0.717, 1.165) is 19.3 Å². The lowest BCUT2D eigenvalue weighted by molar-refractivity contribution is -0.119. The standard InChI is InChI=1S/C20H21F3O10S2/c1-18-10-13-12(24)9-19(18,31-13)16(8-7-15(18)33-35(28,29)20(21,22)23)32-34(26,27)14-6-4-3-5-11(14)17(25)30-2/h3-7,12-13,16,24H,8-10H2,1-2H3/t12-,13+,16-,18+,19-/m0/s1. The number of alkyl halides is 3. The molecule has 4 rings (SSSR count). The van der Waals surface area contributed by atoms with Crippen molar-refractivity contribution in [2.24, 2.45) is 5.41 Å². The van der Waals surface area contributed by atoms with Crippen molar-refractivity contribution in [2.45, 2.75) is 60.5 Å². The molecule has 15 heteroatoms. The molecule has 10 nitrogen and oxygen atoms in total. The SMILES string of the molecule is COC(=O)c1ccccc1S(=O)(=O)O[C@H]1CC=C(OS(=O)(=O)C(F)(F)F)[C@@]2(C)C[C@H]3O[C@@]12C[C@@H]3O. The fraction of sp³-hybridized carbons (Fsp3) is 0.550. The summed E-state index contributed by atoms with van der Waals surface area (Å²) < 4.78 is 109. The maximum Gasteiger partial charge on any atom is 0.534 e. The second-order valence-corrected chi connectivity index (χ2v) is 11.7. The lowest BCUT2D eigenvalue weighted by atomic mass is 9.60. The van der Waals surface area contributed by atoms with Gasteiger partial charge in [0.1, 0.15) is 22.4 Å². The summed E-state index contributed by atoms with van der Waals surface area (Å²) >= 11 is 0. The summed E-state index contributed by atoms with van der Waals surface area (Å²) in [5.41, 5.74) is -9.30. The predicted octanol–water partition coefficient (Wildman–Crippen LogP) is 2.00. The van der Waals surface area contributed by atoms with Gasteiger partial charge in [-0.3, -0.25) is 4.18 Å². The van der Waals surface area contributed by atoms with Crippen LogP contribution in [0, 0.1) is 5.41 Å². The highest BCUT2D eigenvalue weighted by Gasteiger charge is 2.72. The van der Waals surface area contributed by atoms with Crippen LogP contribution in [0.15, 0.2) is 41.0 Å². The molecule has 194 valence electrons. The van der Waals surface area contributed by atoms with E-state index < -0.39 is 78.1 Å². The van der Waals surface area contributed by atoms with Crippen molar-refractivity contribution in [3.05, 3.63) is 41.7 Å². The minimum absolute atomic E-state index is 0.147. The van der Waals surface area contributed by atoms with Crippen LogP contribution in [-0.4, -0.2) is 64.4 Å². The molecular weight excluding hydrogens is 521 g/mol. The van der Waals surface area contributed by atoms with Gasteiger partial charge in [0.15, 0.2) is 0 Å². The quantitative estimate of drug-likeness (QED) is 0.322. The number of benzene rings is 1. The monoisotopic (exact) mass is 542 g/mol. The topological polar surface area (TPSA) is 142 Å². The first-order chi connectivity index (χ1) is 16.1. The van der Waals surface area contributed by atoms with Crippen LogP contribution < -0.4 is 0 Å². The highest BCUT2D eigenvalue weighted by Crippen LogP contribution is 2.64. The molecule has 1 aromatic carbocycles.